The zero-order valence-electron chi connectivity index (χ0n) is 17.5. The molecule has 2 saturated heterocycles. The van der Waals surface area contributed by atoms with E-state index in [0.29, 0.717) is 31.1 Å². The Kier molecular flexibility index (Phi) is 5.90. The summed E-state index contributed by atoms with van der Waals surface area (Å²) >= 11 is 0. The topological polar surface area (TPSA) is 73.4 Å². The molecule has 164 valence electrons. The molecule has 2 aromatic rings. The highest BCUT2D eigenvalue weighted by atomic mass is 16.7. The standard InChI is InChI=1S/C23H27N3O5/c27-23(18-4-6-22(24-13-18)29-15-19-2-1-11-28-19)26-9-7-25(8-10-26)14-17-3-5-20-21(12-17)31-16-30-20/h3-6,12-13,19H,1-2,7-11,14-16H2/t19-/m0/s1. The van der Waals surface area contributed by atoms with Gasteiger partial charge in [0, 0.05) is 51.6 Å². The van der Waals surface area contributed by atoms with Gasteiger partial charge in [-0.15, -0.1) is 0 Å². The van der Waals surface area contributed by atoms with Crippen LogP contribution in [0.15, 0.2) is 36.5 Å². The number of hydrogen-bond acceptors (Lipinski definition) is 7. The third kappa shape index (κ3) is 4.75. The summed E-state index contributed by atoms with van der Waals surface area (Å²) in [5, 5.41) is 0. The summed E-state index contributed by atoms with van der Waals surface area (Å²) in [5.74, 6) is 2.15. The molecule has 1 aromatic carbocycles. The first kappa shape index (κ1) is 20.1. The lowest BCUT2D eigenvalue weighted by Gasteiger charge is -2.34. The summed E-state index contributed by atoms with van der Waals surface area (Å²) in [6.45, 7) is 5.48. The van der Waals surface area contributed by atoms with Gasteiger partial charge in [0.05, 0.1) is 11.7 Å². The first-order valence-corrected chi connectivity index (χ1v) is 10.9. The summed E-state index contributed by atoms with van der Waals surface area (Å²) in [6.07, 6.45) is 3.86. The Balaban J connectivity index is 1.10. The number of hydrogen-bond donors (Lipinski definition) is 0. The van der Waals surface area contributed by atoms with Crippen molar-refractivity contribution in [3.8, 4) is 17.4 Å². The average Bonchev–Trinajstić information content (AvgIpc) is 3.50. The van der Waals surface area contributed by atoms with Crippen molar-refractivity contribution in [1.82, 2.24) is 14.8 Å². The van der Waals surface area contributed by atoms with Gasteiger partial charge < -0.3 is 23.8 Å². The molecule has 8 nitrogen and oxygen atoms in total. The van der Waals surface area contributed by atoms with E-state index in [1.807, 2.05) is 17.0 Å². The third-order valence-electron chi connectivity index (χ3n) is 5.93. The zero-order chi connectivity index (χ0) is 21.0. The first-order valence-electron chi connectivity index (χ1n) is 10.9. The van der Waals surface area contributed by atoms with Gasteiger partial charge >= 0.3 is 0 Å². The highest BCUT2D eigenvalue weighted by molar-refractivity contribution is 5.94. The number of benzene rings is 1. The molecule has 8 heteroatoms. The van der Waals surface area contributed by atoms with Crippen molar-refractivity contribution in [2.75, 3.05) is 46.2 Å². The number of aromatic nitrogens is 1. The van der Waals surface area contributed by atoms with E-state index in [2.05, 4.69) is 16.0 Å². The molecule has 0 radical (unpaired) electrons. The van der Waals surface area contributed by atoms with Crippen molar-refractivity contribution in [2.24, 2.45) is 0 Å². The van der Waals surface area contributed by atoms with Gasteiger partial charge in [-0.25, -0.2) is 4.98 Å². The molecule has 0 N–H and O–H groups in total. The van der Waals surface area contributed by atoms with Gasteiger partial charge in [0.25, 0.3) is 5.91 Å². The molecule has 1 atom stereocenters. The molecule has 3 aliphatic heterocycles. The van der Waals surface area contributed by atoms with Crippen LogP contribution in [0, 0.1) is 0 Å². The fourth-order valence-corrected chi connectivity index (χ4v) is 4.14. The normalized spacial score (nSPS) is 20.8. The maximum absolute atomic E-state index is 12.8. The van der Waals surface area contributed by atoms with E-state index in [1.54, 1.807) is 18.3 Å². The first-order chi connectivity index (χ1) is 15.2. The fourth-order valence-electron chi connectivity index (χ4n) is 4.14. The summed E-state index contributed by atoms with van der Waals surface area (Å²) < 4.78 is 22.1. The molecule has 0 bridgehead atoms. The Morgan fingerprint density at radius 1 is 1.10 bits per heavy atom. The summed E-state index contributed by atoms with van der Waals surface area (Å²) in [7, 11) is 0. The second-order valence-corrected chi connectivity index (χ2v) is 8.09. The number of carbonyl (C=O) groups excluding carboxylic acids is 1. The maximum Gasteiger partial charge on any atom is 0.255 e. The Bertz CT molecular complexity index is 906. The molecule has 0 aliphatic carbocycles. The van der Waals surface area contributed by atoms with E-state index in [-0.39, 0.29) is 18.8 Å². The van der Waals surface area contributed by atoms with Crippen LogP contribution in [0.2, 0.25) is 0 Å². The molecule has 0 saturated carbocycles. The number of carbonyl (C=O) groups is 1. The van der Waals surface area contributed by atoms with Gasteiger partial charge in [-0.2, -0.15) is 0 Å². The second kappa shape index (κ2) is 9.11. The van der Waals surface area contributed by atoms with Gasteiger partial charge in [0.15, 0.2) is 11.5 Å². The smallest absolute Gasteiger partial charge is 0.255 e. The van der Waals surface area contributed by atoms with Crippen LogP contribution in [0.3, 0.4) is 0 Å². The molecule has 1 amide bonds. The van der Waals surface area contributed by atoms with Crippen LogP contribution < -0.4 is 14.2 Å². The van der Waals surface area contributed by atoms with Crippen LogP contribution >= 0.6 is 0 Å². The Labute approximate surface area is 181 Å². The van der Waals surface area contributed by atoms with E-state index in [0.717, 1.165) is 50.6 Å². The molecular formula is C23H27N3O5. The molecule has 0 spiro atoms. The van der Waals surface area contributed by atoms with Crippen molar-refractivity contribution in [2.45, 2.75) is 25.5 Å². The van der Waals surface area contributed by atoms with Crippen LogP contribution in [0.5, 0.6) is 17.4 Å². The predicted octanol–water partition coefficient (Wildman–Crippen LogP) is 2.33. The van der Waals surface area contributed by atoms with Crippen molar-refractivity contribution in [1.29, 1.82) is 0 Å². The lowest BCUT2D eigenvalue weighted by Crippen LogP contribution is -2.48. The largest absolute Gasteiger partial charge is 0.475 e. The Morgan fingerprint density at radius 2 is 1.97 bits per heavy atom. The van der Waals surface area contributed by atoms with Crippen LogP contribution in [0.25, 0.3) is 0 Å². The van der Waals surface area contributed by atoms with Gasteiger partial charge in [0.1, 0.15) is 6.61 Å². The number of fused-ring (bicyclic) bond motifs is 1. The summed E-state index contributed by atoms with van der Waals surface area (Å²) in [4.78, 5) is 21.4. The minimum atomic E-state index is 0.0147. The lowest BCUT2D eigenvalue weighted by molar-refractivity contribution is 0.0624. The monoisotopic (exact) mass is 425 g/mol. The summed E-state index contributed by atoms with van der Waals surface area (Å²) in [5.41, 5.74) is 1.78. The van der Waals surface area contributed by atoms with Crippen LogP contribution in [0.1, 0.15) is 28.8 Å². The minimum Gasteiger partial charge on any atom is -0.475 e. The molecule has 2 fully saturated rings. The number of piperazine rings is 1. The number of pyridine rings is 1. The maximum atomic E-state index is 12.8. The van der Waals surface area contributed by atoms with Gasteiger partial charge in [-0.05, 0) is 36.6 Å². The van der Waals surface area contributed by atoms with E-state index >= 15 is 0 Å². The van der Waals surface area contributed by atoms with Crippen LogP contribution in [-0.4, -0.2) is 73.0 Å². The second-order valence-electron chi connectivity index (χ2n) is 8.09. The molecular weight excluding hydrogens is 398 g/mol. The lowest BCUT2D eigenvalue weighted by atomic mass is 10.1. The Hall–Kier alpha value is -2.84. The van der Waals surface area contributed by atoms with Crippen LogP contribution in [0.4, 0.5) is 0 Å². The quantitative estimate of drug-likeness (QED) is 0.703. The highest BCUT2D eigenvalue weighted by Gasteiger charge is 2.23. The van der Waals surface area contributed by atoms with Gasteiger partial charge in [-0.1, -0.05) is 6.07 Å². The van der Waals surface area contributed by atoms with Crippen molar-refractivity contribution in [3.05, 3.63) is 47.7 Å². The SMILES string of the molecule is O=C(c1ccc(OC[C@@H]2CCCO2)nc1)N1CCN(Cc2ccc3c(c2)OCO3)CC1. The number of nitrogens with zero attached hydrogens (tertiary/aromatic N) is 3. The van der Waals surface area contributed by atoms with Gasteiger partial charge in [-0.3, -0.25) is 9.69 Å². The predicted molar refractivity (Wildman–Crippen MR) is 112 cm³/mol. The van der Waals surface area contributed by atoms with E-state index in [4.69, 9.17) is 18.9 Å². The summed E-state index contributed by atoms with van der Waals surface area (Å²) in [6, 6.07) is 9.61. The molecule has 4 heterocycles. The molecule has 5 rings (SSSR count). The molecule has 3 aliphatic rings. The minimum absolute atomic E-state index is 0.0147. The number of rotatable bonds is 6. The van der Waals surface area contributed by atoms with E-state index < -0.39 is 0 Å². The van der Waals surface area contributed by atoms with Crippen molar-refractivity contribution >= 4 is 5.91 Å². The van der Waals surface area contributed by atoms with Crippen molar-refractivity contribution in [3.63, 3.8) is 0 Å². The van der Waals surface area contributed by atoms with Crippen LogP contribution in [-0.2, 0) is 11.3 Å². The fraction of sp³-hybridized carbons (Fsp3) is 0.478. The van der Waals surface area contributed by atoms with E-state index in [9.17, 15) is 4.79 Å². The molecule has 31 heavy (non-hydrogen) atoms. The number of ether oxygens (including phenoxy) is 4. The van der Waals surface area contributed by atoms with Crippen molar-refractivity contribution < 1.29 is 23.7 Å². The van der Waals surface area contributed by atoms with Gasteiger partial charge in [0.2, 0.25) is 12.7 Å². The van der Waals surface area contributed by atoms with E-state index in [1.165, 1.54) is 5.56 Å². The zero-order valence-corrected chi connectivity index (χ0v) is 17.5. The highest BCUT2D eigenvalue weighted by Crippen LogP contribution is 2.32. The molecule has 0 unspecified atom stereocenters. The Morgan fingerprint density at radius 3 is 2.74 bits per heavy atom. The number of amides is 1. The average molecular weight is 425 g/mol. The third-order valence-corrected chi connectivity index (χ3v) is 5.93. The molecule has 1 aromatic heterocycles.